The molecule has 1 aromatic carbocycles. The number of ether oxygens (including phenoxy) is 2. The van der Waals surface area contributed by atoms with Crippen LogP contribution in [0.2, 0.25) is 0 Å². The molecule has 0 aliphatic heterocycles. The van der Waals surface area contributed by atoms with Crippen LogP contribution in [0, 0.1) is 34.5 Å². The molecule has 9 nitrogen and oxygen atoms in total. The van der Waals surface area contributed by atoms with Crippen molar-refractivity contribution < 1.29 is 62.8 Å². The van der Waals surface area contributed by atoms with Crippen LogP contribution in [0.1, 0.15) is 228 Å². The van der Waals surface area contributed by atoms with Crippen LogP contribution < -0.4 is 18.9 Å². The first-order valence-electron chi connectivity index (χ1n) is 20.7. The number of carbonyl (C=O) groups is 3. The minimum Gasteiger partial charge on any atom is -1.00 e. The molecule has 0 atom stereocenters. The van der Waals surface area contributed by atoms with Gasteiger partial charge in [-0.1, -0.05) is 161 Å². The van der Waals surface area contributed by atoms with E-state index in [9.17, 15) is 22.8 Å². The molecule has 5 aliphatic rings. The Morgan fingerprint density at radius 1 is 0.656 bits per heavy atom. The number of carboxylic acids is 1. The summed E-state index contributed by atoms with van der Waals surface area (Å²) < 4.78 is 30.7. The van der Waals surface area contributed by atoms with Crippen LogP contribution in [-0.4, -0.2) is 74.7 Å². The average Bonchev–Trinajstić information content (AvgIpc) is 4.02. The van der Waals surface area contributed by atoms with Crippen molar-refractivity contribution in [3.05, 3.63) is 29.8 Å². The second-order valence-corrected chi connectivity index (χ2v) is 20.2. The molecule has 2 N–H and O–H groups in total. The van der Waals surface area contributed by atoms with Crippen LogP contribution in [0.4, 0.5) is 0 Å². The monoisotopic (exact) mass is 965 g/mol. The van der Waals surface area contributed by atoms with Gasteiger partial charge in [-0.2, -0.15) is 0 Å². The zero-order chi connectivity index (χ0) is 41.8. The topological polar surface area (TPSA) is 144 Å². The molecule has 0 heterocycles. The number of aliphatic hydroxyl groups is 1. The van der Waals surface area contributed by atoms with Crippen LogP contribution in [0.15, 0.2) is 29.2 Å². The number of methoxy groups -OCH3 is 2. The average molecular weight is 966 g/mol. The molecule has 0 radical (unpaired) electrons. The van der Waals surface area contributed by atoms with Crippen LogP contribution in [0.3, 0.4) is 0 Å². The van der Waals surface area contributed by atoms with E-state index in [0.29, 0.717) is 12.0 Å². The van der Waals surface area contributed by atoms with E-state index >= 15 is 0 Å². The molecule has 0 amide bonds. The normalized spacial score (nSPS) is 18.3. The van der Waals surface area contributed by atoms with Crippen LogP contribution in [-0.2, 0) is 32.9 Å². The summed E-state index contributed by atoms with van der Waals surface area (Å²) in [6, 6.07) is 6.37. The molecule has 5 aliphatic carbocycles. The van der Waals surface area contributed by atoms with Gasteiger partial charge in [0.15, 0.2) is 17.4 Å². The third-order valence-corrected chi connectivity index (χ3v) is 14.0. The van der Waals surface area contributed by atoms with E-state index in [-0.39, 0.29) is 123 Å². The SMILES string of the molecule is C.C.C.C.C.C.C.CC1(C(=O)O)CCCC1.CC1(CO)CCCC1.CCC1(C)CCCC1.COC(=O)C1(C)CCCC1.COC(=O)C1CCCC1.Cc1ccc(S(=O)(=O)Cl)cc1.[AlH3].[H-].[Li+]. The smallest absolute Gasteiger partial charge is 1.00 e. The second-order valence-electron chi connectivity index (χ2n) is 17.6. The quantitative estimate of drug-likeness (QED) is 0.162. The van der Waals surface area contributed by atoms with Crippen molar-refractivity contribution in [2.75, 3.05) is 20.8 Å². The summed E-state index contributed by atoms with van der Waals surface area (Å²) in [5, 5.41) is 17.5. The van der Waals surface area contributed by atoms with Gasteiger partial charge in [0.1, 0.15) is 0 Å². The van der Waals surface area contributed by atoms with Gasteiger partial charge in [0.25, 0.3) is 9.05 Å². The molecule has 5 saturated carbocycles. The molecular weight excluding hydrogens is 858 g/mol. The molecule has 1 aromatic rings. The fourth-order valence-electron chi connectivity index (χ4n) is 7.97. The third-order valence-electron chi connectivity index (χ3n) is 12.7. The summed E-state index contributed by atoms with van der Waals surface area (Å²) in [5.74, 6) is -0.465. The van der Waals surface area contributed by atoms with Gasteiger partial charge in [-0.15, -0.1) is 0 Å². The predicted octanol–water partition coefficient (Wildman–Crippen LogP) is 11.6. The Hall–Kier alpha value is -1.04. The number of hydrogen-bond donors (Lipinski definition) is 2. The van der Waals surface area contributed by atoms with Gasteiger partial charge >= 0.3 is 36.8 Å². The molecule has 0 bridgehead atoms. The fraction of sp³-hybridized carbons (Fsp3) is 0.824. The molecular formula is C51H107AlClLiO9S. The van der Waals surface area contributed by atoms with Crippen LogP contribution in [0.5, 0.6) is 0 Å². The first-order valence-corrected chi connectivity index (χ1v) is 23.0. The summed E-state index contributed by atoms with van der Waals surface area (Å²) in [6.45, 7) is 13.0. The third kappa shape index (κ3) is 31.1. The number of benzene rings is 1. The first-order chi connectivity index (χ1) is 25.7. The Morgan fingerprint density at radius 3 is 1.25 bits per heavy atom. The van der Waals surface area contributed by atoms with Gasteiger partial charge in [0.05, 0.1) is 35.9 Å². The zero-order valence-corrected chi connectivity index (χ0v) is 38.1. The molecule has 0 spiro atoms. The molecule has 5 fully saturated rings. The van der Waals surface area contributed by atoms with Crippen LogP contribution >= 0.6 is 10.7 Å². The van der Waals surface area contributed by atoms with Gasteiger partial charge in [-0.3, -0.25) is 14.4 Å². The number of halogens is 1. The molecule has 0 saturated heterocycles. The Kier molecular flexibility index (Phi) is 53.2. The summed E-state index contributed by atoms with van der Waals surface area (Å²) >= 11 is 0. The van der Waals surface area contributed by atoms with Gasteiger partial charge in [0.2, 0.25) is 0 Å². The predicted molar refractivity (Wildman–Crippen MR) is 280 cm³/mol. The number of hydrogen-bond acceptors (Lipinski definition) is 8. The van der Waals surface area contributed by atoms with Crippen molar-refractivity contribution in [1.29, 1.82) is 0 Å². The largest absolute Gasteiger partial charge is 1.00 e. The minimum absolute atomic E-state index is 0. The molecule has 0 aromatic heterocycles. The van der Waals surface area contributed by atoms with E-state index in [1.807, 2.05) is 20.8 Å². The van der Waals surface area contributed by atoms with Crippen molar-refractivity contribution in [3.63, 3.8) is 0 Å². The summed E-state index contributed by atoms with van der Waals surface area (Å²) in [7, 11) is 4.46. The molecule has 64 heavy (non-hydrogen) atoms. The Labute approximate surface area is 426 Å². The first kappa shape index (κ1) is 83.0. The van der Waals surface area contributed by atoms with E-state index in [1.165, 1.54) is 110 Å². The van der Waals surface area contributed by atoms with Crippen molar-refractivity contribution >= 4 is 55.0 Å². The Balaban J connectivity index is -0.0000000679. The van der Waals surface area contributed by atoms with Crippen molar-refractivity contribution in [1.82, 2.24) is 0 Å². The van der Waals surface area contributed by atoms with Crippen molar-refractivity contribution in [2.24, 2.45) is 27.6 Å². The van der Waals surface area contributed by atoms with E-state index in [1.54, 1.807) is 12.1 Å². The second kappa shape index (κ2) is 41.0. The number of aryl methyl sites for hydroxylation is 1. The number of carboxylic acid groups (broad SMARTS) is 1. The van der Waals surface area contributed by atoms with Crippen LogP contribution in [0.25, 0.3) is 0 Å². The molecule has 13 heteroatoms. The number of aliphatic hydroxyl groups excluding tert-OH is 1. The minimum atomic E-state index is -3.55. The van der Waals surface area contributed by atoms with E-state index in [4.69, 9.17) is 25.6 Å². The fourth-order valence-corrected chi connectivity index (χ4v) is 8.74. The van der Waals surface area contributed by atoms with E-state index in [0.717, 1.165) is 62.3 Å². The number of aliphatic carboxylic acids is 1. The number of carbonyl (C=O) groups excluding carboxylic acids is 2. The summed E-state index contributed by atoms with van der Waals surface area (Å²) in [4.78, 5) is 32.6. The zero-order valence-electron chi connectivity index (χ0n) is 37.5. The molecule has 382 valence electrons. The molecule has 6 rings (SSSR count). The summed E-state index contributed by atoms with van der Waals surface area (Å²) in [6.07, 6.45) is 25.1. The van der Waals surface area contributed by atoms with Gasteiger partial charge in [0, 0.05) is 17.3 Å². The van der Waals surface area contributed by atoms with Crippen molar-refractivity contribution in [3.8, 4) is 0 Å². The maximum absolute atomic E-state index is 11.1. The maximum Gasteiger partial charge on any atom is 1.00 e. The standard InChI is InChI=1S/C8H14O2.C8H16.C7H7ClO2S.2C7H12O2.C7H14O.7CH4.Al.Li.4H/c1-8(7(9)10-2)5-3-4-6-8;1-3-8(2)6-4-5-7-8;1-6-2-4-7(5-3-6)11(8,9)10;1-7(6(8)9)4-2-3-5-7;1-9-7(8)6-4-2-3-5-6;1-7(6-8)4-2-3-5-7;;;;;;;;;;;;;/h3-6H2,1-2H3;3-7H2,1-2H3;2-5H,1H3;2-5H2,1H3,(H,8,9);6H,2-5H2,1H3;8H,2-6H2,1H3;7*1H4;;;;;;/q;;;;;;;;;;;;;;+1;;;;-1. The number of rotatable bonds is 6. The van der Waals surface area contributed by atoms with Gasteiger partial charge in [-0.25, -0.2) is 8.42 Å². The molecule has 0 unspecified atom stereocenters. The maximum atomic E-state index is 11.1. The van der Waals surface area contributed by atoms with Gasteiger partial charge < -0.3 is 21.1 Å². The Bertz CT molecular complexity index is 1360. The van der Waals surface area contributed by atoms with Crippen molar-refractivity contribution in [2.45, 2.75) is 233 Å². The number of esters is 2. The summed E-state index contributed by atoms with van der Waals surface area (Å²) in [5.41, 5.74) is 1.49. The Morgan fingerprint density at radius 2 is 1.00 bits per heavy atom. The van der Waals surface area contributed by atoms with E-state index < -0.39 is 15.0 Å². The van der Waals surface area contributed by atoms with E-state index in [2.05, 4.69) is 25.5 Å². The van der Waals surface area contributed by atoms with Gasteiger partial charge in [-0.05, 0) is 108 Å².